The molecule has 0 spiro atoms. The maximum absolute atomic E-state index is 13.1. The molecule has 2 N–H and O–H groups in total. The van der Waals surface area contributed by atoms with Gasteiger partial charge in [-0.2, -0.15) is 0 Å². The Balaban J connectivity index is 2.30. The molecule has 0 radical (unpaired) electrons. The summed E-state index contributed by atoms with van der Waals surface area (Å²) in [6.45, 7) is 1.83. The summed E-state index contributed by atoms with van der Waals surface area (Å²) in [5.41, 5.74) is 6.87. The van der Waals surface area contributed by atoms with E-state index in [0.29, 0.717) is 11.5 Å². The molecule has 112 valence electrons. The van der Waals surface area contributed by atoms with Gasteiger partial charge in [-0.25, -0.2) is 4.39 Å². The minimum Gasteiger partial charge on any atom is -0.497 e. The van der Waals surface area contributed by atoms with Crippen molar-refractivity contribution in [1.29, 1.82) is 0 Å². The fourth-order valence-corrected chi connectivity index (χ4v) is 2.22. The molecule has 0 bridgehead atoms. The lowest BCUT2D eigenvalue weighted by atomic mass is 10.0. The zero-order valence-electron chi connectivity index (χ0n) is 11.8. The van der Waals surface area contributed by atoms with Gasteiger partial charge in [-0.15, -0.1) is 0 Å². The Bertz CT molecular complexity index is 619. The van der Waals surface area contributed by atoms with Gasteiger partial charge in [0.15, 0.2) is 0 Å². The summed E-state index contributed by atoms with van der Waals surface area (Å²) in [6, 6.07) is 11.2. The molecule has 2 atom stereocenters. The van der Waals surface area contributed by atoms with Crippen LogP contribution in [0.25, 0.3) is 0 Å². The highest BCUT2D eigenvalue weighted by molar-refractivity contribution is 6.32. The predicted molar refractivity (Wildman–Crippen MR) is 81.4 cm³/mol. The van der Waals surface area contributed by atoms with Crippen LogP contribution in [0, 0.1) is 5.82 Å². The van der Waals surface area contributed by atoms with Crippen LogP contribution in [-0.4, -0.2) is 13.2 Å². The van der Waals surface area contributed by atoms with Gasteiger partial charge in [0.25, 0.3) is 0 Å². The Morgan fingerprint density at radius 2 is 1.95 bits per heavy atom. The SMILES string of the molecule is COc1cccc(C(Oc2ccc(F)cc2Cl)C(C)N)c1. The fourth-order valence-electron chi connectivity index (χ4n) is 2.00. The van der Waals surface area contributed by atoms with E-state index in [4.69, 9.17) is 26.8 Å². The van der Waals surface area contributed by atoms with Gasteiger partial charge in [-0.05, 0) is 42.8 Å². The first kappa shape index (κ1) is 15.6. The molecule has 0 aliphatic carbocycles. The van der Waals surface area contributed by atoms with Gasteiger partial charge in [0.2, 0.25) is 0 Å². The molecule has 21 heavy (non-hydrogen) atoms. The zero-order chi connectivity index (χ0) is 15.4. The van der Waals surface area contributed by atoms with Crippen LogP contribution in [0.3, 0.4) is 0 Å². The van der Waals surface area contributed by atoms with Crippen LogP contribution >= 0.6 is 11.6 Å². The van der Waals surface area contributed by atoms with Crippen molar-refractivity contribution in [2.45, 2.75) is 19.1 Å². The Morgan fingerprint density at radius 1 is 1.19 bits per heavy atom. The second kappa shape index (κ2) is 6.78. The van der Waals surface area contributed by atoms with E-state index in [1.165, 1.54) is 18.2 Å². The molecule has 0 aromatic heterocycles. The summed E-state index contributed by atoms with van der Waals surface area (Å²) in [5, 5.41) is 0.212. The smallest absolute Gasteiger partial charge is 0.139 e. The van der Waals surface area contributed by atoms with Crippen molar-refractivity contribution in [3.05, 3.63) is 58.9 Å². The molecule has 2 rings (SSSR count). The lowest BCUT2D eigenvalue weighted by Gasteiger charge is -2.24. The highest BCUT2D eigenvalue weighted by atomic mass is 35.5. The van der Waals surface area contributed by atoms with Crippen LogP contribution in [0.2, 0.25) is 5.02 Å². The van der Waals surface area contributed by atoms with Crippen molar-refractivity contribution in [3.8, 4) is 11.5 Å². The average molecular weight is 310 g/mol. The second-order valence-electron chi connectivity index (χ2n) is 4.75. The number of hydrogen-bond acceptors (Lipinski definition) is 3. The van der Waals surface area contributed by atoms with E-state index in [2.05, 4.69) is 0 Å². The molecule has 2 aromatic rings. The standard InChI is InChI=1S/C16H17ClFNO2/c1-10(19)16(11-4-3-5-13(8-11)20-2)21-15-7-6-12(18)9-14(15)17/h3-10,16H,19H2,1-2H3. The lowest BCUT2D eigenvalue weighted by molar-refractivity contribution is 0.180. The molecule has 0 heterocycles. The van der Waals surface area contributed by atoms with Crippen molar-refractivity contribution in [2.75, 3.05) is 7.11 Å². The maximum Gasteiger partial charge on any atom is 0.139 e. The molecule has 0 amide bonds. The third kappa shape index (κ3) is 3.86. The molecule has 3 nitrogen and oxygen atoms in total. The summed E-state index contributed by atoms with van der Waals surface area (Å²) in [6.07, 6.45) is -0.414. The van der Waals surface area contributed by atoms with Crippen LogP contribution in [0.4, 0.5) is 4.39 Å². The molecular formula is C16H17ClFNO2. The normalized spacial score (nSPS) is 13.6. The Labute approximate surface area is 128 Å². The third-order valence-electron chi connectivity index (χ3n) is 3.05. The third-order valence-corrected chi connectivity index (χ3v) is 3.34. The first-order valence-electron chi connectivity index (χ1n) is 6.52. The van der Waals surface area contributed by atoms with Gasteiger partial charge in [-0.1, -0.05) is 23.7 Å². The van der Waals surface area contributed by atoms with Gasteiger partial charge in [0, 0.05) is 6.04 Å². The van der Waals surface area contributed by atoms with E-state index in [9.17, 15) is 4.39 Å². The minimum absolute atomic E-state index is 0.212. The molecule has 2 unspecified atom stereocenters. The van der Waals surface area contributed by atoms with E-state index in [1.807, 2.05) is 31.2 Å². The van der Waals surface area contributed by atoms with Crippen molar-refractivity contribution < 1.29 is 13.9 Å². The number of benzene rings is 2. The second-order valence-corrected chi connectivity index (χ2v) is 5.16. The minimum atomic E-state index is -0.414. The first-order valence-corrected chi connectivity index (χ1v) is 6.90. The molecule has 0 fully saturated rings. The number of rotatable bonds is 5. The number of methoxy groups -OCH3 is 1. The van der Waals surface area contributed by atoms with Gasteiger partial charge in [0.1, 0.15) is 23.4 Å². The van der Waals surface area contributed by atoms with Crippen LogP contribution < -0.4 is 15.2 Å². The van der Waals surface area contributed by atoms with Crippen LogP contribution in [0.15, 0.2) is 42.5 Å². The molecular weight excluding hydrogens is 293 g/mol. The molecule has 5 heteroatoms. The van der Waals surface area contributed by atoms with Gasteiger partial charge >= 0.3 is 0 Å². The van der Waals surface area contributed by atoms with E-state index in [1.54, 1.807) is 7.11 Å². The summed E-state index contributed by atoms with van der Waals surface area (Å²) in [5.74, 6) is 0.696. The topological polar surface area (TPSA) is 44.5 Å². The van der Waals surface area contributed by atoms with Gasteiger partial charge < -0.3 is 15.2 Å². The van der Waals surface area contributed by atoms with Crippen molar-refractivity contribution in [2.24, 2.45) is 5.73 Å². The van der Waals surface area contributed by atoms with E-state index >= 15 is 0 Å². The molecule has 0 saturated carbocycles. The van der Waals surface area contributed by atoms with Gasteiger partial charge in [0.05, 0.1) is 12.1 Å². The maximum atomic E-state index is 13.1. The Hall–Kier alpha value is -1.78. The summed E-state index contributed by atoms with van der Waals surface area (Å²) in [7, 11) is 1.59. The summed E-state index contributed by atoms with van der Waals surface area (Å²) in [4.78, 5) is 0. The highest BCUT2D eigenvalue weighted by Gasteiger charge is 2.20. The summed E-state index contributed by atoms with van der Waals surface area (Å²) >= 11 is 5.99. The first-order chi connectivity index (χ1) is 10.0. The van der Waals surface area contributed by atoms with Crippen LogP contribution in [-0.2, 0) is 0 Å². The average Bonchev–Trinajstić information content (AvgIpc) is 2.46. The largest absolute Gasteiger partial charge is 0.497 e. The Kier molecular flexibility index (Phi) is 5.04. The van der Waals surface area contributed by atoms with Crippen LogP contribution in [0.1, 0.15) is 18.6 Å². The molecule has 2 aromatic carbocycles. The zero-order valence-corrected chi connectivity index (χ0v) is 12.6. The van der Waals surface area contributed by atoms with E-state index in [0.717, 1.165) is 5.56 Å². The quantitative estimate of drug-likeness (QED) is 0.909. The van der Waals surface area contributed by atoms with Gasteiger partial charge in [-0.3, -0.25) is 0 Å². The Morgan fingerprint density at radius 3 is 2.57 bits per heavy atom. The van der Waals surface area contributed by atoms with Crippen molar-refractivity contribution in [3.63, 3.8) is 0 Å². The number of halogens is 2. The van der Waals surface area contributed by atoms with Crippen LogP contribution in [0.5, 0.6) is 11.5 Å². The van der Waals surface area contributed by atoms with Crippen molar-refractivity contribution >= 4 is 11.6 Å². The monoisotopic (exact) mass is 309 g/mol. The fraction of sp³-hybridized carbons (Fsp3) is 0.250. The molecule has 0 saturated heterocycles. The van der Waals surface area contributed by atoms with E-state index < -0.39 is 11.9 Å². The molecule has 0 aliphatic heterocycles. The van der Waals surface area contributed by atoms with E-state index in [-0.39, 0.29) is 11.1 Å². The van der Waals surface area contributed by atoms with Crippen molar-refractivity contribution in [1.82, 2.24) is 0 Å². The highest BCUT2D eigenvalue weighted by Crippen LogP contribution is 2.31. The lowest BCUT2D eigenvalue weighted by Crippen LogP contribution is -2.29. The molecule has 0 aliphatic rings. The number of ether oxygens (including phenoxy) is 2. The number of nitrogens with two attached hydrogens (primary N) is 1. The summed E-state index contributed by atoms with van der Waals surface area (Å²) < 4.78 is 24.2. The predicted octanol–water partition coefficient (Wildman–Crippen LogP) is 3.96. The number of hydrogen-bond donors (Lipinski definition) is 1.